The molecule has 148 valence electrons. The number of para-hydroxylation sites is 1. The molecule has 0 saturated heterocycles. The third-order valence-electron chi connectivity index (χ3n) is 3.92. The van der Waals surface area contributed by atoms with Crippen molar-refractivity contribution in [2.75, 3.05) is 13.1 Å². The lowest BCUT2D eigenvalue weighted by molar-refractivity contribution is 0.798. The standard InChI is InChI=1S/C20H23ClN6.HI/c1-2-22-20(23-11-10-16-8-9-19(21)24-12-16)25-13-17-14-26-27(15-17)18-6-4-3-5-7-18;/h3-9,12,14-15H,2,10-11,13H2,1H3,(H2,22,23,25);1H. The lowest BCUT2D eigenvalue weighted by Crippen LogP contribution is -2.38. The number of halogens is 2. The second-order valence-corrected chi connectivity index (χ2v) is 6.38. The largest absolute Gasteiger partial charge is 0.357 e. The van der Waals surface area contributed by atoms with Crippen LogP contribution in [0, 0.1) is 0 Å². The molecular weight excluding hydrogens is 487 g/mol. The van der Waals surface area contributed by atoms with Crippen LogP contribution in [0.15, 0.2) is 66.0 Å². The third-order valence-corrected chi connectivity index (χ3v) is 4.14. The van der Waals surface area contributed by atoms with E-state index in [-0.39, 0.29) is 24.0 Å². The van der Waals surface area contributed by atoms with Crippen molar-refractivity contribution in [3.8, 4) is 5.69 Å². The third kappa shape index (κ3) is 6.79. The van der Waals surface area contributed by atoms with Gasteiger partial charge < -0.3 is 10.6 Å². The fraction of sp³-hybridized carbons (Fsp3) is 0.250. The smallest absolute Gasteiger partial charge is 0.191 e. The highest BCUT2D eigenvalue weighted by atomic mass is 127. The molecule has 0 atom stereocenters. The molecule has 28 heavy (non-hydrogen) atoms. The van der Waals surface area contributed by atoms with Crippen LogP contribution in [0.3, 0.4) is 0 Å². The van der Waals surface area contributed by atoms with Crippen LogP contribution in [0.1, 0.15) is 18.1 Å². The SMILES string of the molecule is CCNC(=NCc1cnn(-c2ccccc2)c1)NCCc1ccc(Cl)nc1.I. The van der Waals surface area contributed by atoms with Gasteiger partial charge in [0.2, 0.25) is 0 Å². The second-order valence-electron chi connectivity index (χ2n) is 5.99. The lowest BCUT2D eigenvalue weighted by atomic mass is 10.2. The Bertz CT molecular complexity index is 864. The van der Waals surface area contributed by atoms with Crippen LogP contribution in [0.5, 0.6) is 0 Å². The van der Waals surface area contributed by atoms with Gasteiger partial charge in [0.25, 0.3) is 0 Å². The zero-order valence-corrected chi connectivity index (χ0v) is 18.8. The Morgan fingerprint density at radius 3 is 2.61 bits per heavy atom. The molecule has 0 bridgehead atoms. The van der Waals surface area contributed by atoms with E-state index in [2.05, 4.69) is 25.7 Å². The summed E-state index contributed by atoms with van der Waals surface area (Å²) in [6.07, 6.45) is 6.49. The van der Waals surface area contributed by atoms with Crippen LogP contribution in [-0.2, 0) is 13.0 Å². The summed E-state index contributed by atoms with van der Waals surface area (Å²) in [5.74, 6) is 0.784. The molecule has 2 N–H and O–H groups in total. The van der Waals surface area contributed by atoms with Crippen molar-refractivity contribution < 1.29 is 0 Å². The number of guanidine groups is 1. The summed E-state index contributed by atoms with van der Waals surface area (Å²) in [6, 6.07) is 13.8. The average Bonchev–Trinajstić information content (AvgIpc) is 3.17. The lowest BCUT2D eigenvalue weighted by Gasteiger charge is -2.11. The Hall–Kier alpha value is -2.13. The number of benzene rings is 1. The van der Waals surface area contributed by atoms with E-state index in [1.807, 2.05) is 60.4 Å². The first-order chi connectivity index (χ1) is 13.2. The number of hydrogen-bond donors (Lipinski definition) is 2. The monoisotopic (exact) mass is 510 g/mol. The fourth-order valence-corrected chi connectivity index (χ4v) is 2.67. The maximum Gasteiger partial charge on any atom is 0.191 e. The van der Waals surface area contributed by atoms with Crippen LogP contribution >= 0.6 is 35.6 Å². The average molecular weight is 511 g/mol. The van der Waals surface area contributed by atoms with E-state index in [0.29, 0.717) is 11.7 Å². The normalized spacial score (nSPS) is 11.0. The fourth-order valence-electron chi connectivity index (χ4n) is 2.56. The Balaban J connectivity index is 0.00000280. The molecule has 3 rings (SSSR count). The van der Waals surface area contributed by atoms with Gasteiger partial charge in [0.05, 0.1) is 18.4 Å². The van der Waals surface area contributed by atoms with Gasteiger partial charge in [0.15, 0.2) is 5.96 Å². The minimum Gasteiger partial charge on any atom is -0.357 e. The van der Waals surface area contributed by atoms with E-state index < -0.39 is 0 Å². The molecule has 2 aromatic heterocycles. The Morgan fingerprint density at radius 1 is 1.07 bits per heavy atom. The van der Waals surface area contributed by atoms with E-state index in [0.717, 1.165) is 42.3 Å². The van der Waals surface area contributed by atoms with Crippen molar-refractivity contribution in [3.63, 3.8) is 0 Å². The van der Waals surface area contributed by atoms with Gasteiger partial charge in [0, 0.05) is 31.0 Å². The molecule has 0 fully saturated rings. The minimum absolute atomic E-state index is 0. The highest BCUT2D eigenvalue weighted by Crippen LogP contribution is 2.08. The highest BCUT2D eigenvalue weighted by molar-refractivity contribution is 14.0. The maximum absolute atomic E-state index is 5.82. The molecule has 0 radical (unpaired) electrons. The topological polar surface area (TPSA) is 67.1 Å². The molecule has 2 heterocycles. The molecule has 6 nitrogen and oxygen atoms in total. The quantitative estimate of drug-likeness (QED) is 0.219. The van der Waals surface area contributed by atoms with Crippen molar-refractivity contribution >= 4 is 41.5 Å². The Labute approximate surface area is 187 Å². The molecule has 0 aliphatic heterocycles. The van der Waals surface area contributed by atoms with Crippen molar-refractivity contribution in [3.05, 3.63) is 77.3 Å². The number of rotatable bonds is 7. The number of aliphatic imine (C=N–C) groups is 1. The molecule has 0 aliphatic rings. The maximum atomic E-state index is 5.82. The van der Waals surface area contributed by atoms with Gasteiger partial charge >= 0.3 is 0 Å². The van der Waals surface area contributed by atoms with E-state index in [1.54, 1.807) is 12.3 Å². The molecule has 0 aliphatic carbocycles. The number of nitrogens with zero attached hydrogens (tertiary/aromatic N) is 4. The van der Waals surface area contributed by atoms with Crippen molar-refractivity contribution in [2.45, 2.75) is 19.9 Å². The molecular formula is C20H24ClIN6. The first-order valence-electron chi connectivity index (χ1n) is 8.96. The second kappa shape index (κ2) is 11.7. The highest BCUT2D eigenvalue weighted by Gasteiger charge is 2.02. The predicted molar refractivity (Wildman–Crippen MR) is 125 cm³/mol. The molecule has 0 spiro atoms. The van der Waals surface area contributed by atoms with E-state index in [1.165, 1.54) is 0 Å². The summed E-state index contributed by atoms with van der Waals surface area (Å²) in [4.78, 5) is 8.74. The van der Waals surface area contributed by atoms with Crippen molar-refractivity contribution in [1.82, 2.24) is 25.4 Å². The molecule has 0 amide bonds. The first-order valence-corrected chi connectivity index (χ1v) is 9.34. The van der Waals surface area contributed by atoms with Gasteiger partial charge in [-0.2, -0.15) is 5.10 Å². The van der Waals surface area contributed by atoms with Gasteiger partial charge in [-0.3, -0.25) is 0 Å². The van der Waals surface area contributed by atoms with Gasteiger partial charge in [-0.1, -0.05) is 35.9 Å². The van der Waals surface area contributed by atoms with Crippen molar-refractivity contribution in [1.29, 1.82) is 0 Å². The van der Waals surface area contributed by atoms with Crippen molar-refractivity contribution in [2.24, 2.45) is 4.99 Å². The Kier molecular flexibility index (Phi) is 9.22. The molecule has 0 unspecified atom stereocenters. The van der Waals surface area contributed by atoms with Crippen LogP contribution in [0.4, 0.5) is 0 Å². The zero-order valence-electron chi connectivity index (χ0n) is 15.7. The van der Waals surface area contributed by atoms with Crippen LogP contribution in [-0.4, -0.2) is 33.8 Å². The summed E-state index contributed by atoms with van der Waals surface area (Å²) in [5, 5.41) is 11.5. The summed E-state index contributed by atoms with van der Waals surface area (Å²) < 4.78 is 1.86. The van der Waals surface area contributed by atoms with E-state index >= 15 is 0 Å². The molecule has 8 heteroatoms. The first kappa shape index (κ1) is 22.2. The van der Waals surface area contributed by atoms with Crippen LogP contribution in [0.25, 0.3) is 5.69 Å². The minimum atomic E-state index is 0. The zero-order chi connectivity index (χ0) is 18.9. The van der Waals surface area contributed by atoms with Gasteiger partial charge in [0.1, 0.15) is 5.15 Å². The number of aromatic nitrogens is 3. The van der Waals surface area contributed by atoms with E-state index in [4.69, 9.17) is 11.6 Å². The van der Waals surface area contributed by atoms with Crippen LogP contribution < -0.4 is 10.6 Å². The van der Waals surface area contributed by atoms with Crippen LogP contribution in [0.2, 0.25) is 5.15 Å². The number of hydrogen-bond acceptors (Lipinski definition) is 3. The molecule has 0 saturated carbocycles. The Morgan fingerprint density at radius 2 is 1.89 bits per heavy atom. The summed E-state index contributed by atoms with van der Waals surface area (Å²) >= 11 is 5.82. The molecule has 1 aromatic carbocycles. The predicted octanol–water partition coefficient (Wildman–Crippen LogP) is 3.84. The van der Waals surface area contributed by atoms with E-state index in [9.17, 15) is 0 Å². The number of pyridine rings is 1. The summed E-state index contributed by atoms with van der Waals surface area (Å²) in [7, 11) is 0. The van der Waals surface area contributed by atoms with Gasteiger partial charge in [-0.05, 0) is 37.1 Å². The van der Waals surface area contributed by atoms with Gasteiger partial charge in [-0.25, -0.2) is 14.7 Å². The molecule has 3 aromatic rings. The summed E-state index contributed by atoms with van der Waals surface area (Å²) in [6.45, 7) is 4.18. The van der Waals surface area contributed by atoms with Gasteiger partial charge in [-0.15, -0.1) is 24.0 Å². The summed E-state index contributed by atoms with van der Waals surface area (Å²) in [5.41, 5.74) is 3.22. The number of nitrogens with one attached hydrogen (secondary N) is 2.